The van der Waals surface area contributed by atoms with Crippen LogP contribution in [-0.4, -0.2) is 89.2 Å². The minimum absolute atomic E-state index is 0.0368. The van der Waals surface area contributed by atoms with Gasteiger partial charge >= 0.3 is 6.03 Å². The molecular formula is C42H88N3O6P. The Bertz CT molecular complexity index is 828. The molecule has 0 aromatic heterocycles. The molecule has 10 heteroatoms. The van der Waals surface area contributed by atoms with Crippen LogP contribution in [0.3, 0.4) is 0 Å². The molecule has 0 heterocycles. The van der Waals surface area contributed by atoms with Crippen LogP contribution in [0.25, 0.3) is 0 Å². The SMILES string of the molecule is CCCCCCCCCCCCCCCCOCC(CN(CCCCCCCCCCCCCCCC)C(=O)NC)OP(=O)([O-])OCC[N+](C)(C)C. The van der Waals surface area contributed by atoms with Crippen molar-refractivity contribution >= 4 is 13.9 Å². The summed E-state index contributed by atoms with van der Waals surface area (Å²) in [6, 6.07) is -0.234. The number of rotatable bonds is 40. The predicted octanol–water partition coefficient (Wildman–Crippen LogP) is 11.2. The lowest BCUT2D eigenvalue weighted by Gasteiger charge is -2.32. The van der Waals surface area contributed by atoms with E-state index in [-0.39, 0.29) is 25.8 Å². The number of amides is 2. The first-order valence-corrected chi connectivity index (χ1v) is 23.5. The summed E-state index contributed by atoms with van der Waals surface area (Å²) in [5.41, 5.74) is 0. The van der Waals surface area contributed by atoms with E-state index >= 15 is 0 Å². The number of likely N-dealkylation sites (N-methyl/N-ethyl adjacent to an activating group) is 1. The highest BCUT2D eigenvalue weighted by atomic mass is 31.2. The van der Waals surface area contributed by atoms with E-state index in [2.05, 4.69) is 19.2 Å². The first-order chi connectivity index (χ1) is 25.0. The highest BCUT2D eigenvalue weighted by Crippen LogP contribution is 2.40. The zero-order valence-electron chi connectivity index (χ0n) is 35.4. The maximum atomic E-state index is 12.8. The van der Waals surface area contributed by atoms with Gasteiger partial charge in [-0.25, -0.2) is 4.79 Å². The van der Waals surface area contributed by atoms with Crippen LogP contribution in [-0.2, 0) is 18.3 Å². The Kier molecular flexibility index (Phi) is 35.5. The molecule has 0 spiro atoms. The number of unbranched alkanes of at least 4 members (excludes halogenated alkanes) is 26. The first kappa shape index (κ1) is 51.3. The minimum Gasteiger partial charge on any atom is -0.756 e. The molecular weight excluding hydrogens is 673 g/mol. The summed E-state index contributed by atoms with van der Waals surface area (Å²) in [5.74, 6) is 0. The van der Waals surface area contributed by atoms with Gasteiger partial charge < -0.3 is 33.4 Å². The molecule has 0 bridgehead atoms. The first-order valence-electron chi connectivity index (χ1n) is 22.0. The van der Waals surface area contributed by atoms with Crippen molar-refractivity contribution in [3.8, 4) is 0 Å². The van der Waals surface area contributed by atoms with Crippen molar-refractivity contribution in [2.24, 2.45) is 0 Å². The summed E-state index contributed by atoms with van der Waals surface area (Å²) in [5, 5.41) is 2.72. The van der Waals surface area contributed by atoms with E-state index in [0.29, 0.717) is 24.2 Å². The summed E-state index contributed by atoms with van der Waals surface area (Å²) >= 11 is 0. The van der Waals surface area contributed by atoms with Crippen molar-refractivity contribution in [3.63, 3.8) is 0 Å². The highest BCUT2D eigenvalue weighted by molar-refractivity contribution is 7.45. The molecule has 9 nitrogen and oxygen atoms in total. The molecule has 0 saturated carbocycles. The largest absolute Gasteiger partial charge is 0.756 e. The molecule has 0 aromatic rings. The second-order valence-electron chi connectivity index (χ2n) is 16.3. The van der Waals surface area contributed by atoms with Crippen molar-refractivity contribution in [1.82, 2.24) is 10.2 Å². The summed E-state index contributed by atoms with van der Waals surface area (Å²) < 4.78 is 30.1. The maximum absolute atomic E-state index is 12.8. The van der Waals surface area contributed by atoms with E-state index in [1.807, 2.05) is 21.1 Å². The Morgan fingerprint density at radius 2 is 1.02 bits per heavy atom. The number of urea groups is 1. The molecule has 0 aromatic carbocycles. The topological polar surface area (TPSA) is 100 Å². The number of nitrogens with zero attached hydrogens (tertiary/aromatic N) is 2. The van der Waals surface area contributed by atoms with Crippen molar-refractivity contribution in [1.29, 1.82) is 0 Å². The molecule has 0 aliphatic rings. The quantitative estimate of drug-likeness (QED) is 0.0379. The van der Waals surface area contributed by atoms with Crippen LogP contribution in [0.5, 0.6) is 0 Å². The van der Waals surface area contributed by atoms with Gasteiger partial charge in [0.25, 0.3) is 7.82 Å². The summed E-state index contributed by atoms with van der Waals surface area (Å²) in [4.78, 5) is 27.3. The average molecular weight is 762 g/mol. The van der Waals surface area contributed by atoms with E-state index in [4.69, 9.17) is 13.8 Å². The van der Waals surface area contributed by atoms with Crippen LogP contribution >= 0.6 is 7.82 Å². The molecule has 0 aliphatic carbocycles. The van der Waals surface area contributed by atoms with Gasteiger partial charge in [-0.1, -0.05) is 181 Å². The van der Waals surface area contributed by atoms with Gasteiger partial charge in [-0.3, -0.25) is 4.57 Å². The molecule has 2 unspecified atom stereocenters. The highest BCUT2D eigenvalue weighted by Gasteiger charge is 2.24. The fourth-order valence-electron chi connectivity index (χ4n) is 6.55. The second-order valence-corrected chi connectivity index (χ2v) is 17.7. The van der Waals surface area contributed by atoms with Crippen molar-refractivity contribution in [2.45, 2.75) is 200 Å². The number of carbonyl (C=O) groups excluding carboxylic acids is 1. The van der Waals surface area contributed by atoms with Gasteiger partial charge in [0.05, 0.1) is 34.3 Å². The van der Waals surface area contributed by atoms with E-state index in [0.717, 1.165) is 32.1 Å². The molecule has 2 atom stereocenters. The minimum atomic E-state index is -4.58. The van der Waals surface area contributed by atoms with Crippen LogP contribution in [0, 0.1) is 0 Å². The molecule has 0 radical (unpaired) electrons. The normalized spacial score (nSPS) is 13.7. The van der Waals surface area contributed by atoms with Crippen LogP contribution < -0.4 is 10.2 Å². The Labute approximate surface area is 323 Å². The lowest BCUT2D eigenvalue weighted by Crippen LogP contribution is -2.45. The van der Waals surface area contributed by atoms with Crippen LogP contribution in [0.4, 0.5) is 4.79 Å². The number of quaternary nitrogens is 1. The Balaban J connectivity index is 4.55. The fraction of sp³-hybridized carbons (Fsp3) is 0.976. The number of hydrogen-bond acceptors (Lipinski definition) is 6. The number of phosphoric acid groups is 1. The van der Waals surface area contributed by atoms with Crippen LogP contribution in [0.15, 0.2) is 0 Å². The number of nitrogens with one attached hydrogen (secondary N) is 1. The molecule has 0 fully saturated rings. The van der Waals surface area contributed by atoms with Gasteiger partial charge in [-0.05, 0) is 12.8 Å². The summed E-state index contributed by atoms with van der Waals surface area (Å²) in [6.07, 6.45) is 35.0. The van der Waals surface area contributed by atoms with Gasteiger partial charge in [0.2, 0.25) is 0 Å². The van der Waals surface area contributed by atoms with Crippen molar-refractivity contribution in [3.05, 3.63) is 0 Å². The number of ether oxygens (including phenoxy) is 1. The third kappa shape index (κ3) is 36.3. The smallest absolute Gasteiger partial charge is 0.317 e. The van der Waals surface area contributed by atoms with Crippen molar-refractivity contribution in [2.75, 3.05) is 67.6 Å². The van der Waals surface area contributed by atoms with E-state index in [9.17, 15) is 14.3 Å². The summed E-state index contributed by atoms with van der Waals surface area (Å²) in [7, 11) is 2.96. The molecule has 0 aliphatic heterocycles. The van der Waals surface area contributed by atoms with Gasteiger partial charge in [0, 0.05) is 20.2 Å². The molecule has 1 N–H and O–H groups in total. The standard InChI is InChI=1S/C42H88N3O6P/c1-7-9-11-13-15-17-19-21-23-25-27-29-31-33-35-44(42(46)43-3)39-41(51-52(47,48)50-38-36-45(4,5)6)40-49-37-34-32-30-28-26-24-22-20-18-16-14-12-10-8-2/h41H,7-40H2,1-6H3,(H-,43,46,47,48). The summed E-state index contributed by atoms with van der Waals surface area (Å²) in [6.45, 7) is 6.41. The van der Waals surface area contributed by atoms with E-state index in [1.165, 1.54) is 148 Å². The molecule has 2 amide bonds. The average Bonchev–Trinajstić information content (AvgIpc) is 3.09. The second kappa shape index (κ2) is 36.0. The van der Waals surface area contributed by atoms with Gasteiger partial charge in [0.1, 0.15) is 19.3 Å². The van der Waals surface area contributed by atoms with Gasteiger partial charge in [-0.15, -0.1) is 0 Å². The monoisotopic (exact) mass is 762 g/mol. The zero-order valence-corrected chi connectivity index (χ0v) is 36.3. The third-order valence-electron chi connectivity index (χ3n) is 9.94. The molecule has 52 heavy (non-hydrogen) atoms. The molecule has 0 rings (SSSR count). The van der Waals surface area contributed by atoms with Gasteiger partial charge in [-0.2, -0.15) is 0 Å². The zero-order chi connectivity index (χ0) is 38.6. The molecule has 0 saturated heterocycles. The van der Waals surface area contributed by atoms with Crippen LogP contribution in [0.1, 0.15) is 194 Å². The number of phosphoric ester groups is 1. The number of carbonyl (C=O) groups is 1. The number of hydrogen-bond donors (Lipinski definition) is 1. The van der Waals surface area contributed by atoms with Gasteiger partial charge in [0.15, 0.2) is 0 Å². The van der Waals surface area contributed by atoms with Crippen LogP contribution in [0.2, 0.25) is 0 Å². The third-order valence-corrected chi connectivity index (χ3v) is 11.0. The lowest BCUT2D eigenvalue weighted by molar-refractivity contribution is -0.870. The maximum Gasteiger partial charge on any atom is 0.317 e. The lowest BCUT2D eigenvalue weighted by atomic mass is 10.0. The Hall–Kier alpha value is -0.700. The predicted molar refractivity (Wildman–Crippen MR) is 219 cm³/mol. The fourth-order valence-corrected chi connectivity index (χ4v) is 7.41. The Morgan fingerprint density at radius 1 is 0.635 bits per heavy atom. The van der Waals surface area contributed by atoms with E-state index < -0.39 is 13.9 Å². The Morgan fingerprint density at radius 3 is 1.40 bits per heavy atom. The molecule has 312 valence electrons. The van der Waals surface area contributed by atoms with Crippen molar-refractivity contribution < 1.29 is 32.5 Å². The van der Waals surface area contributed by atoms with E-state index in [1.54, 1.807) is 11.9 Å².